The molecule has 0 aliphatic heterocycles. The number of rotatable bonds is 0. The minimum atomic E-state index is -0.371. The first-order valence-electron chi connectivity index (χ1n) is 3.68. The van der Waals surface area contributed by atoms with Gasteiger partial charge in [-0.25, -0.2) is 9.37 Å². The summed E-state index contributed by atoms with van der Waals surface area (Å²) in [5.41, 5.74) is 6.00. The molecule has 1 aromatic carbocycles. The minimum Gasteiger partial charge on any atom is -0.384 e. The molecule has 2 rings (SSSR count). The fraction of sp³-hybridized carbons (Fsp3) is 0. The van der Waals surface area contributed by atoms with Gasteiger partial charge in [-0.05, 0) is 24.3 Å². The average Bonchev–Trinajstić information content (AvgIpc) is 2.06. The number of aromatic nitrogens is 1. The molecule has 0 radical (unpaired) electrons. The molecule has 0 saturated heterocycles. The Bertz CT molecular complexity index is 470. The molecule has 1 heterocycles. The number of hydrogen-bond donors (Lipinski definition) is 1. The maximum atomic E-state index is 12.9. The molecule has 66 valence electrons. The van der Waals surface area contributed by atoms with Gasteiger partial charge in [0.15, 0.2) is 0 Å². The molecule has 0 spiro atoms. The van der Waals surface area contributed by atoms with Crippen LogP contribution in [-0.2, 0) is 0 Å². The molecular weight excluding hydrogens is 191 g/mol. The van der Waals surface area contributed by atoms with Crippen LogP contribution >= 0.6 is 11.6 Å². The molecule has 2 aromatic rings. The molecular formula is C9H6ClFN2. The van der Waals surface area contributed by atoms with Gasteiger partial charge in [-0.15, -0.1) is 0 Å². The number of nitrogen functional groups attached to an aromatic ring is 1. The number of hydrogen-bond acceptors (Lipinski definition) is 2. The minimum absolute atomic E-state index is 0.280. The van der Waals surface area contributed by atoms with E-state index in [0.717, 1.165) is 0 Å². The summed E-state index contributed by atoms with van der Waals surface area (Å²) in [5, 5.41) is 0.932. The van der Waals surface area contributed by atoms with Crippen LogP contribution in [-0.4, -0.2) is 4.98 Å². The van der Waals surface area contributed by atoms with Crippen molar-refractivity contribution < 1.29 is 4.39 Å². The molecule has 0 unspecified atom stereocenters. The van der Waals surface area contributed by atoms with E-state index in [1.165, 1.54) is 12.1 Å². The first kappa shape index (κ1) is 8.26. The van der Waals surface area contributed by atoms with Crippen LogP contribution in [0.5, 0.6) is 0 Å². The Morgan fingerprint density at radius 2 is 2.08 bits per heavy atom. The van der Waals surface area contributed by atoms with Crippen molar-refractivity contribution in [2.75, 3.05) is 5.73 Å². The van der Waals surface area contributed by atoms with Gasteiger partial charge in [0.1, 0.15) is 11.6 Å². The van der Waals surface area contributed by atoms with Crippen molar-refractivity contribution in [1.29, 1.82) is 0 Å². The summed E-state index contributed by atoms with van der Waals surface area (Å²) in [4.78, 5) is 4.00. The fourth-order valence-electron chi connectivity index (χ4n) is 1.17. The molecule has 0 atom stereocenters. The van der Waals surface area contributed by atoms with Crippen molar-refractivity contribution in [3.05, 3.63) is 35.1 Å². The second kappa shape index (κ2) is 2.85. The summed E-state index contributed by atoms with van der Waals surface area (Å²) in [5.74, 6) is 0.00470. The zero-order chi connectivity index (χ0) is 9.42. The number of nitrogens with zero attached hydrogens (tertiary/aromatic N) is 1. The lowest BCUT2D eigenvalue weighted by Crippen LogP contribution is -1.90. The fourth-order valence-corrected chi connectivity index (χ4v) is 1.43. The maximum Gasteiger partial charge on any atom is 0.125 e. The summed E-state index contributed by atoms with van der Waals surface area (Å²) in [6.45, 7) is 0. The molecule has 0 bridgehead atoms. The van der Waals surface area contributed by atoms with Gasteiger partial charge in [0.05, 0.1) is 10.5 Å². The van der Waals surface area contributed by atoms with Crippen LogP contribution in [0.4, 0.5) is 10.2 Å². The van der Waals surface area contributed by atoms with Gasteiger partial charge in [0.25, 0.3) is 0 Å². The van der Waals surface area contributed by atoms with Gasteiger partial charge in [-0.1, -0.05) is 11.6 Å². The number of halogens is 2. The van der Waals surface area contributed by atoms with E-state index in [9.17, 15) is 4.39 Å². The number of pyridine rings is 1. The van der Waals surface area contributed by atoms with Crippen LogP contribution in [0, 0.1) is 5.82 Å². The normalized spacial score (nSPS) is 10.6. The second-order valence-electron chi connectivity index (χ2n) is 2.70. The number of nitrogens with two attached hydrogens (primary N) is 1. The Labute approximate surface area is 79.1 Å². The number of fused-ring (bicyclic) bond motifs is 1. The van der Waals surface area contributed by atoms with Crippen LogP contribution in [0.2, 0.25) is 5.02 Å². The van der Waals surface area contributed by atoms with Crippen molar-refractivity contribution in [2.24, 2.45) is 0 Å². The predicted molar refractivity (Wildman–Crippen MR) is 51.1 cm³/mol. The van der Waals surface area contributed by atoms with Crippen LogP contribution in [0.1, 0.15) is 0 Å². The molecule has 13 heavy (non-hydrogen) atoms. The molecule has 0 aliphatic rings. The van der Waals surface area contributed by atoms with Crippen LogP contribution in [0.15, 0.2) is 24.3 Å². The topological polar surface area (TPSA) is 38.9 Å². The second-order valence-corrected chi connectivity index (χ2v) is 3.10. The molecule has 2 N–H and O–H groups in total. The van der Waals surface area contributed by atoms with E-state index in [2.05, 4.69) is 4.98 Å². The summed E-state index contributed by atoms with van der Waals surface area (Å²) < 4.78 is 12.9. The van der Waals surface area contributed by atoms with Crippen molar-refractivity contribution in [3.8, 4) is 0 Å². The van der Waals surface area contributed by atoms with Crippen LogP contribution in [0.25, 0.3) is 10.9 Å². The predicted octanol–water partition coefficient (Wildman–Crippen LogP) is 2.61. The van der Waals surface area contributed by atoms with E-state index in [1.54, 1.807) is 12.1 Å². The molecule has 1 aromatic heterocycles. The Hall–Kier alpha value is -1.35. The molecule has 0 fully saturated rings. The zero-order valence-electron chi connectivity index (χ0n) is 6.59. The Morgan fingerprint density at radius 1 is 1.31 bits per heavy atom. The van der Waals surface area contributed by atoms with E-state index in [1.807, 2.05) is 0 Å². The first-order valence-corrected chi connectivity index (χ1v) is 4.06. The highest BCUT2D eigenvalue weighted by atomic mass is 35.5. The Balaban J connectivity index is 2.87. The van der Waals surface area contributed by atoms with Crippen LogP contribution < -0.4 is 5.73 Å². The molecule has 4 heteroatoms. The van der Waals surface area contributed by atoms with Gasteiger partial charge in [0.2, 0.25) is 0 Å². The monoisotopic (exact) mass is 196 g/mol. The lowest BCUT2D eigenvalue weighted by Gasteiger charge is -2.00. The molecule has 0 amide bonds. The van der Waals surface area contributed by atoms with Gasteiger partial charge in [-0.2, -0.15) is 0 Å². The van der Waals surface area contributed by atoms with E-state index >= 15 is 0 Å². The molecule has 0 aliphatic carbocycles. The van der Waals surface area contributed by atoms with E-state index < -0.39 is 0 Å². The van der Waals surface area contributed by atoms with Crippen molar-refractivity contribution in [2.45, 2.75) is 0 Å². The highest BCUT2D eigenvalue weighted by Gasteiger charge is 2.03. The van der Waals surface area contributed by atoms with Crippen molar-refractivity contribution in [3.63, 3.8) is 0 Å². The smallest absolute Gasteiger partial charge is 0.125 e. The third-order valence-electron chi connectivity index (χ3n) is 1.73. The highest BCUT2D eigenvalue weighted by Crippen LogP contribution is 2.23. The van der Waals surface area contributed by atoms with E-state index in [0.29, 0.717) is 16.7 Å². The quantitative estimate of drug-likeness (QED) is 0.704. The van der Waals surface area contributed by atoms with Crippen molar-refractivity contribution >= 4 is 28.3 Å². The summed E-state index contributed by atoms with van der Waals surface area (Å²) in [6, 6.07) is 5.88. The molecule has 2 nitrogen and oxygen atoms in total. The van der Waals surface area contributed by atoms with Gasteiger partial charge in [-0.3, -0.25) is 0 Å². The number of benzene rings is 1. The summed E-state index contributed by atoms with van der Waals surface area (Å²) >= 11 is 5.78. The lowest BCUT2D eigenvalue weighted by molar-refractivity contribution is 0.629. The van der Waals surface area contributed by atoms with Gasteiger partial charge >= 0.3 is 0 Å². The van der Waals surface area contributed by atoms with Crippen LogP contribution in [0.3, 0.4) is 0 Å². The number of anilines is 1. The summed E-state index contributed by atoms with van der Waals surface area (Å²) in [7, 11) is 0. The zero-order valence-corrected chi connectivity index (χ0v) is 7.35. The third kappa shape index (κ3) is 1.42. The Kier molecular flexibility index (Phi) is 1.81. The standard InChI is InChI=1S/C9H6ClFN2/c10-7-4-6(11)3-5-1-2-8(12)13-9(5)7/h1-4H,(H2,12,13). The van der Waals surface area contributed by atoms with E-state index in [4.69, 9.17) is 17.3 Å². The average molecular weight is 197 g/mol. The van der Waals surface area contributed by atoms with E-state index in [-0.39, 0.29) is 10.8 Å². The first-order chi connectivity index (χ1) is 6.16. The summed E-state index contributed by atoms with van der Waals surface area (Å²) in [6.07, 6.45) is 0. The Morgan fingerprint density at radius 3 is 2.85 bits per heavy atom. The van der Waals surface area contributed by atoms with Gasteiger partial charge < -0.3 is 5.73 Å². The molecule has 0 saturated carbocycles. The third-order valence-corrected chi connectivity index (χ3v) is 2.02. The maximum absolute atomic E-state index is 12.9. The lowest BCUT2D eigenvalue weighted by atomic mass is 10.2. The van der Waals surface area contributed by atoms with Crippen molar-refractivity contribution in [1.82, 2.24) is 4.98 Å². The largest absolute Gasteiger partial charge is 0.384 e. The SMILES string of the molecule is Nc1ccc2cc(F)cc(Cl)c2n1. The van der Waals surface area contributed by atoms with Gasteiger partial charge in [0, 0.05) is 5.39 Å². The highest BCUT2D eigenvalue weighted by molar-refractivity contribution is 6.35.